The molecular weight excluding hydrogens is 398 g/mol. The van der Waals surface area contributed by atoms with Gasteiger partial charge in [0, 0.05) is 23.8 Å². The number of hydrogen-bond acceptors (Lipinski definition) is 3. The molecule has 1 aliphatic rings. The van der Waals surface area contributed by atoms with Gasteiger partial charge in [-0.2, -0.15) is 26.3 Å². The Balaban J connectivity index is 2.18. The van der Waals surface area contributed by atoms with E-state index in [4.69, 9.17) is 0 Å². The Morgan fingerprint density at radius 1 is 1.03 bits per heavy atom. The summed E-state index contributed by atoms with van der Waals surface area (Å²) in [6.45, 7) is 0.405. The van der Waals surface area contributed by atoms with E-state index in [0.29, 0.717) is 30.5 Å². The summed E-state index contributed by atoms with van der Waals surface area (Å²) in [5, 5.41) is 10.7. The van der Waals surface area contributed by atoms with E-state index in [9.17, 15) is 31.4 Å². The van der Waals surface area contributed by atoms with Crippen LogP contribution < -0.4 is 0 Å². The van der Waals surface area contributed by atoms with Crippen molar-refractivity contribution in [3.05, 3.63) is 72.2 Å². The second-order valence-electron chi connectivity index (χ2n) is 6.94. The highest BCUT2D eigenvalue weighted by molar-refractivity contribution is 5.86. The van der Waals surface area contributed by atoms with E-state index in [1.54, 1.807) is 31.8 Å². The van der Waals surface area contributed by atoms with Crippen molar-refractivity contribution in [2.45, 2.75) is 18.5 Å². The van der Waals surface area contributed by atoms with Crippen LogP contribution in [0.2, 0.25) is 0 Å². The van der Waals surface area contributed by atoms with E-state index in [1.165, 1.54) is 12.5 Å². The standard InChI is InChI=1S/C20H17F6N2O/c1-28(2)10-11-5-3-6-12(11)18(29)14-9-16(20(24,25)26)27-17-13(14)7-4-8-15(17)19(21,22)23/h3-9,18,29H,10H2,1-2H3/t18-/m1/s1. The summed E-state index contributed by atoms with van der Waals surface area (Å²) in [6.07, 6.45) is -6.54. The minimum Gasteiger partial charge on any atom is -0.388 e. The quantitative estimate of drug-likeness (QED) is 0.739. The van der Waals surface area contributed by atoms with Crippen LogP contribution in [-0.2, 0) is 12.4 Å². The predicted molar refractivity (Wildman–Crippen MR) is 94.6 cm³/mol. The van der Waals surface area contributed by atoms with Crippen LogP contribution in [-0.4, -0.2) is 35.6 Å². The summed E-state index contributed by atoms with van der Waals surface area (Å²) < 4.78 is 80.2. The van der Waals surface area contributed by atoms with Crippen molar-refractivity contribution < 1.29 is 31.4 Å². The zero-order chi connectivity index (χ0) is 21.6. The molecule has 1 aromatic heterocycles. The summed E-state index contributed by atoms with van der Waals surface area (Å²) in [7, 11) is 3.56. The van der Waals surface area contributed by atoms with E-state index < -0.39 is 35.2 Å². The molecule has 0 spiro atoms. The van der Waals surface area contributed by atoms with Gasteiger partial charge in [0.1, 0.15) is 5.69 Å². The topological polar surface area (TPSA) is 36.4 Å². The minimum absolute atomic E-state index is 0.183. The van der Waals surface area contributed by atoms with Gasteiger partial charge < -0.3 is 10.0 Å². The van der Waals surface area contributed by atoms with Crippen LogP contribution in [0.4, 0.5) is 26.3 Å². The van der Waals surface area contributed by atoms with Crippen molar-refractivity contribution in [3.8, 4) is 0 Å². The van der Waals surface area contributed by atoms with Gasteiger partial charge in [0.15, 0.2) is 0 Å². The van der Waals surface area contributed by atoms with Gasteiger partial charge in [-0.3, -0.25) is 0 Å². The number of aliphatic hydroxyl groups excluding tert-OH is 1. The van der Waals surface area contributed by atoms with Crippen molar-refractivity contribution >= 4 is 10.9 Å². The highest BCUT2D eigenvalue weighted by Crippen LogP contribution is 2.45. The highest BCUT2D eigenvalue weighted by Gasteiger charge is 2.41. The number of aromatic nitrogens is 1. The molecule has 1 fully saturated rings. The first-order valence-corrected chi connectivity index (χ1v) is 8.55. The molecule has 1 saturated carbocycles. The van der Waals surface area contributed by atoms with E-state index in [0.717, 1.165) is 6.07 Å². The molecule has 0 bridgehead atoms. The van der Waals surface area contributed by atoms with Gasteiger partial charge in [0.2, 0.25) is 0 Å². The Morgan fingerprint density at radius 3 is 2.31 bits per heavy atom. The molecule has 3 nitrogen and oxygen atoms in total. The van der Waals surface area contributed by atoms with E-state index in [2.05, 4.69) is 4.98 Å². The number of benzene rings is 1. The number of aliphatic hydroxyl groups is 1. The maximum atomic E-state index is 13.4. The van der Waals surface area contributed by atoms with Crippen molar-refractivity contribution in [2.24, 2.45) is 0 Å². The molecule has 1 heterocycles. The third-order valence-electron chi connectivity index (χ3n) is 4.49. The molecule has 155 valence electrons. The van der Waals surface area contributed by atoms with Crippen LogP contribution in [0.25, 0.3) is 10.9 Å². The molecule has 29 heavy (non-hydrogen) atoms. The molecule has 1 N–H and O–H groups in total. The van der Waals surface area contributed by atoms with Gasteiger partial charge in [0.25, 0.3) is 0 Å². The summed E-state index contributed by atoms with van der Waals surface area (Å²) in [5.74, 6) is 0.990. The van der Waals surface area contributed by atoms with Crippen molar-refractivity contribution in [1.29, 1.82) is 0 Å². The molecule has 0 amide bonds. The molecule has 0 unspecified atom stereocenters. The minimum atomic E-state index is -4.97. The second kappa shape index (κ2) is 7.75. The van der Waals surface area contributed by atoms with Gasteiger partial charge in [-0.05, 0) is 51.1 Å². The monoisotopic (exact) mass is 415 g/mol. The Kier molecular flexibility index (Phi) is 5.84. The Hall–Kier alpha value is -1.87. The zero-order valence-electron chi connectivity index (χ0n) is 15.4. The molecule has 1 atom stereocenters. The van der Waals surface area contributed by atoms with Crippen LogP contribution in [0.1, 0.15) is 22.9 Å². The van der Waals surface area contributed by atoms with Crippen LogP contribution in [0.5, 0.6) is 0 Å². The van der Waals surface area contributed by atoms with E-state index >= 15 is 0 Å². The summed E-state index contributed by atoms with van der Waals surface area (Å²) in [6, 6.07) is 3.60. The Bertz CT molecular complexity index is 878. The third kappa shape index (κ3) is 4.50. The van der Waals surface area contributed by atoms with Crippen LogP contribution in [0.3, 0.4) is 0 Å². The van der Waals surface area contributed by atoms with Crippen LogP contribution >= 0.6 is 0 Å². The third-order valence-corrected chi connectivity index (χ3v) is 4.49. The molecule has 0 aliphatic heterocycles. The fourth-order valence-corrected chi connectivity index (χ4v) is 3.27. The number of nitrogens with zero attached hydrogens (tertiary/aromatic N) is 2. The van der Waals surface area contributed by atoms with Crippen molar-refractivity contribution in [1.82, 2.24) is 9.88 Å². The highest BCUT2D eigenvalue weighted by atomic mass is 19.4. The Morgan fingerprint density at radius 2 is 1.72 bits per heavy atom. The number of alkyl halides is 6. The van der Waals surface area contributed by atoms with Gasteiger partial charge in [-0.25, -0.2) is 4.98 Å². The first kappa shape index (κ1) is 21.8. The fourth-order valence-electron chi connectivity index (χ4n) is 3.27. The van der Waals surface area contributed by atoms with Crippen molar-refractivity contribution in [3.63, 3.8) is 0 Å². The average molecular weight is 415 g/mol. The van der Waals surface area contributed by atoms with Crippen LogP contribution in [0, 0.1) is 31.1 Å². The molecule has 1 aromatic carbocycles. The van der Waals surface area contributed by atoms with Gasteiger partial charge in [0.05, 0.1) is 17.2 Å². The van der Waals surface area contributed by atoms with Gasteiger partial charge in [-0.1, -0.05) is 12.1 Å². The molecular formula is C20H17F6N2O. The molecule has 9 heteroatoms. The van der Waals surface area contributed by atoms with E-state index in [-0.39, 0.29) is 10.9 Å². The fraction of sp³-hybridized carbons (Fsp3) is 0.300. The summed E-state index contributed by atoms with van der Waals surface area (Å²) in [5.41, 5.74) is -3.90. The maximum absolute atomic E-state index is 13.4. The molecule has 5 radical (unpaired) electrons. The molecule has 3 rings (SSSR count). The lowest BCUT2D eigenvalue weighted by atomic mass is 9.85. The lowest BCUT2D eigenvalue weighted by Gasteiger charge is -2.27. The number of pyridine rings is 1. The zero-order valence-corrected chi connectivity index (χ0v) is 15.4. The number of para-hydroxylation sites is 1. The Labute approximate surface area is 164 Å². The van der Waals surface area contributed by atoms with Gasteiger partial charge >= 0.3 is 12.4 Å². The van der Waals surface area contributed by atoms with Gasteiger partial charge in [-0.15, -0.1) is 0 Å². The normalized spacial score (nSPS) is 18.1. The first-order valence-electron chi connectivity index (χ1n) is 8.55. The largest absolute Gasteiger partial charge is 0.433 e. The first-order chi connectivity index (χ1) is 13.4. The van der Waals surface area contributed by atoms with E-state index in [1.807, 2.05) is 0 Å². The molecule has 2 aromatic rings. The smallest absolute Gasteiger partial charge is 0.388 e. The predicted octanol–water partition coefficient (Wildman–Crippen LogP) is 4.64. The lowest BCUT2D eigenvalue weighted by molar-refractivity contribution is -0.142. The average Bonchev–Trinajstić information content (AvgIpc) is 3.05. The lowest BCUT2D eigenvalue weighted by Crippen LogP contribution is -2.25. The number of hydrogen-bond donors (Lipinski definition) is 1. The number of halogens is 6. The maximum Gasteiger partial charge on any atom is 0.433 e. The van der Waals surface area contributed by atoms with Crippen LogP contribution in [0.15, 0.2) is 24.3 Å². The van der Waals surface area contributed by atoms with Crippen molar-refractivity contribution in [2.75, 3.05) is 20.6 Å². The number of fused-ring (bicyclic) bond motifs is 1. The molecule has 0 saturated heterocycles. The number of rotatable bonds is 4. The summed E-state index contributed by atoms with van der Waals surface area (Å²) >= 11 is 0. The summed E-state index contributed by atoms with van der Waals surface area (Å²) in [4.78, 5) is 5.05. The SMILES string of the molecule is CN(C)C[C]1[CH][CH][CH][C]1[C@@H](O)c1cc(C(F)(F)F)nc2c(C(F)(F)F)cccc12. The molecule has 1 aliphatic carbocycles. The second-order valence-corrected chi connectivity index (χ2v) is 6.94.